The molecule has 0 atom stereocenters. The van der Waals surface area contributed by atoms with Gasteiger partial charge in [-0.05, 0) is 70.0 Å². The number of aryl methyl sites for hydroxylation is 2. The van der Waals surface area contributed by atoms with E-state index in [4.69, 9.17) is 18.9 Å². The molecule has 0 unspecified atom stereocenters. The van der Waals surface area contributed by atoms with Gasteiger partial charge in [0.15, 0.2) is 5.65 Å². The molecule has 4 rings (SSSR count). The van der Waals surface area contributed by atoms with E-state index >= 15 is 0 Å². The summed E-state index contributed by atoms with van der Waals surface area (Å²) in [5.74, 6) is 2.88. The molecule has 0 aliphatic rings. The van der Waals surface area contributed by atoms with Crippen LogP contribution in [0.25, 0.3) is 22.3 Å². The fourth-order valence-electron chi connectivity index (χ4n) is 4.09. The fourth-order valence-corrected chi connectivity index (χ4v) is 4.09. The quantitative estimate of drug-likeness (QED) is 0.401. The van der Waals surface area contributed by atoms with Gasteiger partial charge in [-0.3, -0.25) is 4.79 Å². The zero-order chi connectivity index (χ0) is 24.4. The second-order valence-corrected chi connectivity index (χ2v) is 8.49. The number of fused-ring (bicyclic) bond motifs is 1. The molecule has 3 heterocycles. The van der Waals surface area contributed by atoms with Crippen LogP contribution in [-0.2, 0) is 6.42 Å². The third-order valence-corrected chi connectivity index (χ3v) is 5.78. The van der Waals surface area contributed by atoms with Crippen LogP contribution in [0.15, 0.2) is 40.9 Å². The van der Waals surface area contributed by atoms with Crippen LogP contribution in [-0.4, -0.2) is 41.4 Å². The largest absolute Gasteiger partial charge is 0.497 e. The molecule has 0 saturated heterocycles. The summed E-state index contributed by atoms with van der Waals surface area (Å²) in [5.41, 5.74) is 3.71. The molecular formula is C26H30N4O4. The number of carbonyl (C=O) groups is 1. The number of nitrogens with one attached hydrogen (secondary N) is 1. The Labute approximate surface area is 198 Å². The minimum atomic E-state index is -0.184. The Kier molecular flexibility index (Phi) is 6.58. The number of carbonyl (C=O) groups excluding carboxylic acids is 1. The lowest BCUT2D eigenvalue weighted by Gasteiger charge is -2.12. The highest BCUT2D eigenvalue weighted by Crippen LogP contribution is 2.30. The third kappa shape index (κ3) is 4.48. The first-order chi connectivity index (χ1) is 16.3. The molecule has 8 heteroatoms. The van der Waals surface area contributed by atoms with E-state index in [0.717, 1.165) is 34.1 Å². The van der Waals surface area contributed by atoms with Gasteiger partial charge in [0.1, 0.15) is 23.0 Å². The van der Waals surface area contributed by atoms with E-state index in [-0.39, 0.29) is 11.9 Å². The number of benzene rings is 1. The van der Waals surface area contributed by atoms with Crippen molar-refractivity contribution < 1.29 is 18.7 Å². The predicted molar refractivity (Wildman–Crippen MR) is 131 cm³/mol. The first-order valence-corrected chi connectivity index (χ1v) is 11.3. The summed E-state index contributed by atoms with van der Waals surface area (Å²) in [6, 6.07) is 9.49. The van der Waals surface area contributed by atoms with Gasteiger partial charge in [0.05, 0.1) is 37.1 Å². The first kappa shape index (κ1) is 23.4. The highest BCUT2D eigenvalue weighted by Gasteiger charge is 2.20. The van der Waals surface area contributed by atoms with Crippen LogP contribution in [0.5, 0.6) is 11.5 Å². The SMILES string of the molecule is COc1ccc(OC)c(CCNC(=O)c2cc(-c3cc(C)oc3C)nc3c2cnn3C(C)C)c1. The number of ether oxygens (including phenoxy) is 2. The lowest BCUT2D eigenvalue weighted by molar-refractivity contribution is 0.0955. The highest BCUT2D eigenvalue weighted by atomic mass is 16.5. The Bertz CT molecular complexity index is 1340. The molecule has 3 aromatic heterocycles. The summed E-state index contributed by atoms with van der Waals surface area (Å²) < 4.78 is 18.3. The number of amides is 1. The Morgan fingerprint density at radius 3 is 2.59 bits per heavy atom. The predicted octanol–water partition coefficient (Wildman–Crippen LogP) is 4.88. The molecule has 8 nitrogen and oxygen atoms in total. The molecule has 0 aliphatic heterocycles. The maximum Gasteiger partial charge on any atom is 0.252 e. The minimum Gasteiger partial charge on any atom is -0.497 e. The minimum absolute atomic E-state index is 0.101. The van der Waals surface area contributed by atoms with Crippen molar-refractivity contribution in [2.75, 3.05) is 20.8 Å². The summed E-state index contributed by atoms with van der Waals surface area (Å²) >= 11 is 0. The molecule has 1 aromatic carbocycles. The molecule has 1 N–H and O–H groups in total. The number of furan rings is 1. The van der Waals surface area contributed by atoms with Crippen LogP contribution >= 0.6 is 0 Å². The van der Waals surface area contributed by atoms with Crippen molar-refractivity contribution in [3.63, 3.8) is 0 Å². The maximum absolute atomic E-state index is 13.3. The Hall–Kier alpha value is -3.81. The summed E-state index contributed by atoms with van der Waals surface area (Å²) in [6.07, 6.45) is 2.30. The number of hydrogen-bond acceptors (Lipinski definition) is 6. The van der Waals surface area contributed by atoms with E-state index in [0.29, 0.717) is 35.3 Å². The summed E-state index contributed by atoms with van der Waals surface area (Å²) in [4.78, 5) is 18.2. The number of aromatic nitrogens is 3. The smallest absolute Gasteiger partial charge is 0.252 e. The number of pyridine rings is 1. The number of methoxy groups -OCH3 is 2. The van der Waals surface area contributed by atoms with Crippen molar-refractivity contribution in [1.29, 1.82) is 0 Å². The second-order valence-electron chi connectivity index (χ2n) is 8.49. The van der Waals surface area contributed by atoms with Crippen LogP contribution < -0.4 is 14.8 Å². The number of hydrogen-bond donors (Lipinski definition) is 1. The molecule has 4 aromatic rings. The van der Waals surface area contributed by atoms with Crippen molar-refractivity contribution in [3.05, 3.63) is 59.2 Å². The fraction of sp³-hybridized carbons (Fsp3) is 0.346. The van der Waals surface area contributed by atoms with Crippen LogP contribution in [0.3, 0.4) is 0 Å². The molecule has 0 saturated carbocycles. The van der Waals surface area contributed by atoms with Gasteiger partial charge in [0.25, 0.3) is 5.91 Å². The first-order valence-electron chi connectivity index (χ1n) is 11.3. The molecule has 1 amide bonds. The Morgan fingerprint density at radius 1 is 1.15 bits per heavy atom. The molecule has 178 valence electrons. The van der Waals surface area contributed by atoms with E-state index in [9.17, 15) is 4.79 Å². The van der Waals surface area contributed by atoms with Crippen molar-refractivity contribution in [3.8, 4) is 22.8 Å². The molecule has 0 spiro atoms. The zero-order valence-electron chi connectivity index (χ0n) is 20.4. The molecule has 0 bridgehead atoms. The number of nitrogens with zero attached hydrogens (tertiary/aromatic N) is 3. The average molecular weight is 463 g/mol. The molecule has 34 heavy (non-hydrogen) atoms. The van der Waals surface area contributed by atoms with Crippen molar-refractivity contribution in [1.82, 2.24) is 20.1 Å². The lowest BCUT2D eigenvalue weighted by atomic mass is 10.1. The highest BCUT2D eigenvalue weighted by molar-refractivity contribution is 6.06. The van der Waals surface area contributed by atoms with E-state index in [1.165, 1.54) is 0 Å². The molecule has 0 radical (unpaired) electrons. The van der Waals surface area contributed by atoms with Gasteiger partial charge in [-0.25, -0.2) is 9.67 Å². The van der Waals surface area contributed by atoms with Gasteiger partial charge in [0, 0.05) is 18.2 Å². The normalized spacial score (nSPS) is 11.3. The molecular weight excluding hydrogens is 432 g/mol. The average Bonchev–Trinajstić information content (AvgIpc) is 3.40. The van der Waals surface area contributed by atoms with E-state index < -0.39 is 0 Å². The number of rotatable bonds is 8. The van der Waals surface area contributed by atoms with Crippen molar-refractivity contribution >= 4 is 16.9 Å². The van der Waals surface area contributed by atoms with Gasteiger partial charge >= 0.3 is 0 Å². The monoisotopic (exact) mass is 462 g/mol. The molecule has 0 aliphatic carbocycles. The van der Waals surface area contributed by atoms with Gasteiger partial charge in [-0.2, -0.15) is 5.10 Å². The molecule has 0 fully saturated rings. The van der Waals surface area contributed by atoms with Crippen molar-refractivity contribution in [2.45, 2.75) is 40.2 Å². The summed E-state index contributed by atoms with van der Waals surface area (Å²) in [5, 5.41) is 8.25. The zero-order valence-corrected chi connectivity index (χ0v) is 20.4. The third-order valence-electron chi connectivity index (χ3n) is 5.78. The van der Waals surface area contributed by atoms with Crippen LogP contribution in [0.1, 0.15) is 47.3 Å². The van der Waals surface area contributed by atoms with Crippen LogP contribution in [0.4, 0.5) is 0 Å². The lowest BCUT2D eigenvalue weighted by Crippen LogP contribution is -2.26. The summed E-state index contributed by atoms with van der Waals surface area (Å²) in [7, 11) is 3.26. The van der Waals surface area contributed by atoms with Crippen LogP contribution in [0.2, 0.25) is 0 Å². The van der Waals surface area contributed by atoms with Gasteiger partial charge < -0.3 is 19.2 Å². The Balaban J connectivity index is 1.65. The summed E-state index contributed by atoms with van der Waals surface area (Å²) in [6.45, 7) is 8.30. The van der Waals surface area contributed by atoms with Gasteiger partial charge in [-0.1, -0.05) is 0 Å². The van der Waals surface area contributed by atoms with Crippen molar-refractivity contribution in [2.24, 2.45) is 0 Å². The van der Waals surface area contributed by atoms with E-state index in [1.54, 1.807) is 20.4 Å². The topological polar surface area (TPSA) is 91.4 Å². The second kappa shape index (κ2) is 9.59. The maximum atomic E-state index is 13.3. The van der Waals surface area contributed by atoms with Gasteiger partial charge in [0.2, 0.25) is 0 Å². The van der Waals surface area contributed by atoms with E-state index in [1.807, 2.05) is 62.7 Å². The van der Waals surface area contributed by atoms with Gasteiger partial charge in [-0.15, -0.1) is 0 Å². The van der Waals surface area contributed by atoms with E-state index in [2.05, 4.69) is 10.4 Å². The van der Waals surface area contributed by atoms with Crippen LogP contribution in [0, 0.1) is 13.8 Å². The Morgan fingerprint density at radius 2 is 1.94 bits per heavy atom. The standard InChI is InChI=1S/C26H30N4O4/c1-15(2)30-25-22(14-28-30)21(13-23(29-25)20-11-16(3)34-17(20)4)26(31)27-10-9-18-12-19(32-5)7-8-24(18)33-6/h7-8,11-15H,9-10H2,1-6H3,(H,27,31).